The maximum atomic E-state index is 14.0. The Morgan fingerprint density at radius 2 is 1.94 bits per heavy atom. The number of benzene rings is 1. The maximum absolute atomic E-state index is 14.0. The van der Waals surface area contributed by atoms with Crippen molar-refractivity contribution in [3.05, 3.63) is 64.3 Å². The van der Waals surface area contributed by atoms with Crippen molar-refractivity contribution in [3.63, 3.8) is 0 Å². The Morgan fingerprint density at radius 3 is 2.61 bits per heavy atom. The maximum Gasteiger partial charge on any atom is 0.174 e. The fraction of sp³-hybridized carbons (Fsp3) is 0.381. The highest BCUT2D eigenvalue weighted by Gasteiger charge is 2.20. The van der Waals surface area contributed by atoms with E-state index < -0.39 is 0 Å². The SMILES string of the molecule is Cc1nn(C)cc1CN1CCN(C(=S)Nc2ccn(Cc3c(F)cccc3Cl)n2)CC1. The number of hydrogen-bond acceptors (Lipinski definition) is 4. The van der Waals surface area contributed by atoms with Crippen LogP contribution in [-0.4, -0.2) is 60.7 Å². The Morgan fingerprint density at radius 1 is 1.16 bits per heavy atom. The van der Waals surface area contributed by atoms with Gasteiger partial charge in [0.05, 0.1) is 12.2 Å². The molecule has 0 spiro atoms. The van der Waals surface area contributed by atoms with Gasteiger partial charge in [-0.3, -0.25) is 14.3 Å². The molecule has 0 saturated carbocycles. The van der Waals surface area contributed by atoms with Gasteiger partial charge >= 0.3 is 0 Å². The number of halogens is 2. The zero-order chi connectivity index (χ0) is 22.0. The summed E-state index contributed by atoms with van der Waals surface area (Å²) in [7, 11) is 1.95. The molecule has 1 saturated heterocycles. The van der Waals surface area contributed by atoms with Gasteiger partial charge in [-0.1, -0.05) is 17.7 Å². The summed E-state index contributed by atoms with van der Waals surface area (Å²) in [5.41, 5.74) is 2.76. The molecule has 0 unspecified atom stereocenters. The summed E-state index contributed by atoms with van der Waals surface area (Å²) in [4.78, 5) is 4.56. The van der Waals surface area contributed by atoms with E-state index in [0.29, 0.717) is 21.5 Å². The quantitative estimate of drug-likeness (QED) is 0.588. The van der Waals surface area contributed by atoms with E-state index in [9.17, 15) is 4.39 Å². The first kappa shape index (κ1) is 21.7. The van der Waals surface area contributed by atoms with Gasteiger partial charge in [0.15, 0.2) is 10.9 Å². The fourth-order valence-corrected chi connectivity index (χ4v) is 4.21. The van der Waals surface area contributed by atoms with Crippen molar-refractivity contribution in [1.29, 1.82) is 0 Å². The molecule has 10 heteroatoms. The molecule has 1 aromatic carbocycles. The molecule has 0 aliphatic carbocycles. The molecule has 31 heavy (non-hydrogen) atoms. The van der Waals surface area contributed by atoms with Crippen molar-refractivity contribution >= 4 is 34.7 Å². The van der Waals surface area contributed by atoms with E-state index >= 15 is 0 Å². The number of anilines is 1. The third-order valence-electron chi connectivity index (χ3n) is 5.43. The molecule has 2 aromatic heterocycles. The summed E-state index contributed by atoms with van der Waals surface area (Å²) in [5, 5.41) is 13.1. The summed E-state index contributed by atoms with van der Waals surface area (Å²) in [6, 6.07) is 6.48. The first-order valence-electron chi connectivity index (χ1n) is 10.1. The van der Waals surface area contributed by atoms with Gasteiger partial charge in [-0.2, -0.15) is 10.2 Å². The lowest BCUT2D eigenvalue weighted by atomic mass is 10.2. The van der Waals surface area contributed by atoms with Gasteiger partial charge in [0, 0.05) is 74.4 Å². The molecular formula is C21H25ClFN7S. The van der Waals surface area contributed by atoms with Crippen LogP contribution >= 0.6 is 23.8 Å². The molecule has 0 atom stereocenters. The summed E-state index contributed by atoms with van der Waals surface area (Å²) < 4.78 is 17.5. The number of aromatic nitrogens is 4. The summed E-state index contributed by atoms with van der Waals surface area (Å²) >= 11 is 11.7. The average Bonchev–Trinajstić information content (AvgIpc) is 3.30. The van der Waals surface area contributed by atoms with E-state index in [1.807, 2.05) is 24.7 Å². The molecule has 3 aromatic rings. The second kappa shape index (κ2) is 9.33. The molecule has 1 aliphatic rings. The van der Waals surface area contributed by atoms with E-state index in [2.05, 4.69) is 31.5 Å². The Bertz CT molecular complexity index is 1050. The van der Waals surface area contributed by atoms with Crippen LogP contribution < -0.4 is 5.32 Å². The Hall–Kier alpha value is -2.49. The average molecular weight is 462 g/mol. The molecule has 164 valence electrons. The summed E-state index contributed by atoms with van der Waals surface area (Å²) in [6.45, 7) is 6.74. The van der Waals surface area contributed by atoms with E-state index in [-0.39, 0.29) is 12.4 Å². The number of nitrogens with zero attached hydrogens (tertiary/aromatic N) is 6. The van der Waals surface area contributed by atoms with E-state index in [1.54, 1.807) is 23.0 Å². The number of hydrogen-bond donors (Lipinski definition) is 1. The lowest BCUT2D eigenvalue weighted by Crippen LogP contribution is -2.49. The monoisotopic (exact) mass is 461 g/mol. The van der Waals surface area contributed by atoms with Crippen molar-refractivity contribution < 1.29 is 4.39 Å². The number of thiocarbonyl (C=S) groups is 1. The second-order valence-electron chi connectivity index (χ2n) is 7.71. The zero-order valence-corrected chi connectivity index (χ0v) is 19.1. The Labute approximate surface area is 191 Å². The minimum Gasteiger partial charge on any atom is -0.346 e. The lowest BCUT2D eigenvalue weighted by Gasteiger charge is -2.35. The number of rotatable bonds is 5. The zero-order valence-electron chi connectivity index (χ0n) is 17.6. The Balaban J connectivity index is 1.29. The highest BCUT2D eigenvalue weighted by atomic mass is 35.5. The van der Waals surface area contributed by atoms with Gasteiger partial charge in [0.1, 0.15) is 5.82 Å². The van der Waals surface area contributed by atoms with Crippen molar-refractivity contribution in [2.75, 3.05) is 31.5 Å². The standard InChI is InChI=1S/C21H25ClFN7S/c1-15-16(12-27(2)25-15)13-28-8-10-29(11-9-28)21(31)24-20-6-7-30(26-20)14-17-18(22)4-3-5-19(17)23/h3-7,12H,8-11,13-14H2,1-2H3,(H,24,26,31). The minimum atomic E-state index is -0.340. The molecule has 1 aliphatic heterocycles. The third kappa shape index (κ3) is 5.23. The molecule has 4 rings (SSSR count). The van der Waals surface area contributed by atoms with E-state index in [4.69, 9.17) is 23.8 Å². The van der Waals surface area contributed by atoms with E-state index in [0.717, 1.165) is 38.4 Å². The van der Waals surface area contributed by atoms with Crippen LogP contribution in [0.3, 0.4) is 0 Å². The minimum absolute atomic E-state index is 0.256. The van der Waals surface area contributed by atoms with Crippen LogP contribution in [0.4, 0.5) is 10.2 Å². The summed E-state index contributed by atoms with van der Waals surface area (Å²) in [6.07, 6.45) is 3.86. The summed E-state index contributed by atoms with van der Waals surface area (Å²) in [5.74, 6) is 0.290. The fourth-order valence-electron chi connectivity index (χ4n) is 3.70. The van der Waals surface area contributed by atoms with Crippen LogP contribution in [0.5, 0.6) is 0 Å². The molecule has 0 bridgehead atoms. The second-order valence-corrected chi connectivity index (χ2v) is 8.50. The predicted octanol–water partition coefficient (Wildman–Crippen LogP) is 3.28. The van der Waals surface area contributed by atoms with E-state index in [1.165, 1.54) is 11.6 Å². The van der Waals surface area contributed by atoms with Crippen LogP contribution in [0.15, 0.2) is 36.7 Å². The predicted molar refractivity (Wildman–Crippen MR) is 124 cm³/mol. The highest BCUT2D eigenvalue weighted by molar-refractivity contribution is 7.80. The molecular weight excluding hydrogens is 437 g/mol. The Kier molecular flexibility index (Phi) is 6.54. The van der Waals surface area contributed by atoms with Crippen LogP contribution in [-0.2, 0) is 20.1 Å². The molecule has 1 N–H and O–H groups in total. The van der Waals surface area contributed by atoms with Gasteiger partial charge < -0.3 is 10.2 Å². The molecule has 0 amide bonds. The van der Waals surface area contributed by atoms with Gasteiger partial charge in [-0.25, -0.2) is 4.39 Å². The third-order valence-corrected chi connectivity index (χ3v) is 6.14. The molecule has 1 fully saturated rings. The number of piperazine rings is 1. The van der Waals surface area contributed by atoms with Gasteiger partial charge in [0.25, 0.3) is 0 Å². The normalized spacial score (nSPS) is 14.8. The largest absolute Gasteiger partial charge is 0.346 e. The van der Waals surface area contributed by atoms with Crippen molar-refractivity contribution in [2.24, 2.45) is 7.05 Å². The van der Waals surface area contributed by atoms with Gasteiger partial charge in [0.2, 0.25) is 0 Å². The first-order chi connectivity index (χ1) is 14.9. The van der Waals surface area contributed by atoms with Crippen LogP contribution in [0.2, 0.25) is 5.02 Å². The smallest absolute Gasteiger partial charge is 0.174 e. The van der Waals surface area contributed by atoms with Gasteiger partial charge in [-0.05, 0) is 31.3 Å². The van der Waals surface area contributed by atoms with Crippen molar-refractivity contribution in [2.45, 2.75) is 20.0 Å². The lowest BCUT2D eigenvalue weighted by molar-refractivity contribution is 0.176. The highest BCUT2D eigenvalue weighted by Crippen LogP contribution is 2.20. The molecule has 3 heterocycles. The van der Waals surface area contributed by atoms with Gasteiger partial charge in [-0.15, -0.1) is 0 Å². The molecule has 0 radical (unpaired) electrons. The van der Waals surface area contributed by atoms with Crippen molar-refractivity contribution in [1.82, 2.24) is 29.4 Å². The topological polar surface area (TPSA) is 54.2 Å². The van der Waals surface area contributed by atoms with Crippen LogP contribution in [0.1, 0.15) is 16.8 Å². The van der Waals surface area contributed by atoms with Crippen LogP contribution in [0, 0.1) is 12.7 Å². The van der Waals surface area contributed by atoms with Crippen molar-refractivity contribution in [3.8, 4) is 0 Å². The number of aryl methyl sites for hydroxylation is 2. The first-order valence-corrected chi connectivity index (χ1v) is 10.9. The van der Waals surface area contributed by atoms with Crippen LogP contribution in [0.25, 0.3) is 0 Å². The molecule has 7 nitrogen and oxygen atoms in total. The number of nitrogens with one attached hydrogen (secondary N) is 1.